The van der Waals surface area contributed by atoms with E-state index in [9.17, 15) is 4.79 Å². The number of benzene rings is 1. The Bertz CT molecular complexity index is 410. The van der Waals surface area contributed by atoms with Crippen LogP contribution in [-0.4, -0.2) is 24.0 Å². The van der Waals surface area contributed by atoms with Gasteiger partial charge in [0.2, 0.25) is 0 Å². The van der Waals surface area contributed by atoms with E-state index >= 15 is 0 Å². The molecule has 0 aliphatic rings. The van der Waals surface area contributed by atoms with E-state index in [0.717, 1.165) is 0 Å². The van der Waals surface area contributed by atoms with Crippen LogP contribution in [0.5, 0.6) is 0 Å². The molecule has 1 unspecified atom stereocenters. The maximum Gasteiger partial charge on any atom is 0.322 e. The minimum atomic E-state index is -0.465. The first-order chi connectivity index (χ1) is 7.54. The van der Waals surface area contributed by atoms with Crippen molar-refractivity contribution in [2.24, 2.45) is 0 Å². The van der Waals surface area contributed by atoms with E-state index in [2.05, 4.69) is 5.32 Å². The molecule has 0 fully saturated rings. The van der Waals surface area contributed by atoms with Gasteiger partial charge in [-0.3, -0.25) is 0 Å². The number of amides is 2. The lowest BCUT2D eigenvalue weighted by Gasteiger charge is -2.19. The summed E-state index contributed by atoms with van der Waals surface area (Å²) in [4.78, 5) is 13.0. The summed E-state index contributed by atoms with van der Waals surface area (Å²) in [6.45, 7) is 1.65. The Hall–Kier alpha value is -1.73. The highest BCUT2D eigenvalue weighted by molar-refractivity contribution is 6.30. The van der Waals surface area contributed by atoms with E-state index in [1.165, 1.54) is 4.90 Å². The van der Waals surface area contributed by atoms with Crippen LogP contribution < -0.4 is 5.32 Å². The molecular weight excluding hydrogens is 226 g/mol. The number of carbonyl (C=O) groups is 1. The number of urea groups is 1. The van der Waals surface area contributed by atoms with E-state index in [4.69, 9.17) is 16.9 Å². The van der Waals surface area contributed by atoms with E-state index in [0.29, 0.717) is 10.7 Å². The molecule has 0 heterocycles. The van der Waals surface area contributed by atoms with Gasteiger partial charge in [0.05, 0.1) is 6.07 Å². The zero-order valence-corrected chi connectivity index (χ0v) is 9.82. The molecule has 84 valence electrons. The van der Waals surface area contributed by atoms with Crippen LogP contribution in [0.4, 0.5) is 10.5 Å². The molecule has 0 aliphatic heterocycles. The van der Waals surface area contributed by atoms with Crippen molar-refractivity contribution in [3.8, 4) is 6.07 Å². The summed E-state index contributed by atoms with van der Waals surface area (Å²) in [6.07, 6.45) is 0. The van der Waals surface area contributed by atoms with Crippen LogP contribution in [0.2, 0.25) is 5.02 Å². The van der Waals surface area contributed by atoms with Crippen LogP contribution >= 0.6 is 11.6 Å². The fourth-order valence-corrected chi connectivity index (χ4v) is 1.13. The van der Waals surface area contributed by atoms with E-state index in [1.54, 1.807) is 38.2 Å². The molecule has 1 rings (SSSR count). The molecule has 1 N–H and O–H groups in total. The average Bonchev–Trinajstić information content (AvgIpc) is 2.30. The number of halogens is 1. The molecule has 1 aromatic rings. The molecular formula is C11H12ClN3O. The summed E-state index contributed by atoms with van der Waals surface area (Å²) < 4.78 is 0. The molecule has 0 spiro atoms. The molecule has 0 radical (unpaired) electrons. The number of anilines is 1. The smallest absolute Gasteiger partial charge is 0.312 e. The Labute approximate surface area is 99.4 Å². The Morgan fingerprint density at radius 1 is 1.50 bits per heavy atom. The summed E-state index contributed by atoms with van der Waals surface area (Å²) in [5.74, 6) is 0. The molecule has 0 bridgehead atoms. The lowest BCUT2D eigenvalue weighted by Crippen LogP contribution is -2.37. The van der Waals surface area contributed by atoms with Crippen LogP contribution in [0.1, 0.15) is 6.92 Å². The first kappa shape index (κ1) is 12.3. The molecule has 5 heteroatoms. The zero-order chi connectivity index (χ0) is 12.1. The van der Waals surface area contributed by atoms with Crippen LogP contribution in [0.25, 0.3) is 0 Å². The molecule has 0 aromatic heterocycles. The normalized spacial score (nSPS) is 11.4. The van der Waals surface area contributed by atoms with Crippen LogP contribution in [0.15, 0.2) is 24.3 Å². The highest BCUT2D eigenvalue weighted by Crippen LogP contribution is 2.13. The lowest BCUT2D eigenvalue weighted by atomic mass is 10.3. The maximum atomic E-state index is 11.6. The summed E-state index contributed by atoms with van der Waals surface area (Å²) in [5.41, 5.74) is 0.645. The van der Waals surface area contributed by atoms with Gasteiger partial charge >= 0.3 is 6.03 Å². The highest BCUT2D eigenvalue weighted by atomic mass is 35.5. The van der Waals surface area contributed by atoms with Crippen LogP contribution in [-0.2, 0) is 0 Å². The van der Waals surface area contributed by atoms with E-state index in [1.807, 2.05) is 6.07 Å². The molecule has 1 atom stereocenters. The molecule has 4 nitrogen and oxygen atoms in total. The van der Waals surface area contributed by atoms with Gasteiger partial charge in [-0.15, -0.1) is 0 Å². The van der Waals surface area contributed by atoms with Gasteiger partial charge in [0.15, 0.2) is 0 Å². The minimum absolute atomic E-state index is 0.323. The second-order valence-electron chi connectivity index (χ2n) is 3.35. The number of rotatable bonds is 2. The largest absolute Gasteiger partial charge is 0.322 e. The van der Waals surface area contributed by atoms with Crippen LogP contribution in [0.3, 0.4) is 0 Å². The van der Waals surface area contributed by atoms with Crippen molar-refractivity contribution in [2.75, 3.05) is 12.4 Å². The summed E-state index contributed by atoms with van der Waals surface area (Å²) in [6, 6.07) is 7.97. The number of hydrogen-bond donors (Lipinski definition) is 1. The van der Waals surface area contributed by atoms with Gasteiger partial charge in [0, 0.05) is 17.8 Å². The second-order valence-corrected chi connectivity index (χ2v) is 3.79. The van der Waals surface area contributed by atoms with Crippen molar-refractivity contribution in [2.45, 2.75) is 13.0 Å². The van der Waals surface area contributed by atoms with Crippen molar-refractivity contribution in [1.29, 1.82) is 5.26 Å². The van der Waals surface area contributed by atoms with Crippen molar-refractivity contribution < 1.29 is 4.79 Å². The summed E-state index contributed by atoms with van der Waals surface area (Å²) in [7, 11) is 1.57. The van der Waals surface area contributed by atoms with Gasteiger partial charge in [-0.1, -0.05) is 11.6 Å². The topological polar surface area (TPSA) is 56.1 Å². The molecule has 16 heavy (non-hydrogen) atoms. The first-order valence-electron chi connectivity index (χ1n) is 4.73. The lowest BCUT2D eigenvalue weighted by molar-refractivity contribution is 0.217. The Morgan fingerprint density at radius 3 is 2.56 bits per heavy atom. The van der Waals surface area contributed by atoms with Crippen molar-refractivity contribution >= 4 is 23.3 Å². The highest BCUT2D eigenvalue weighted by Gasteiger charge is 2.14. The third-order valence-electron chi connectivity index (χ3n) is 2.18. The zero-order valence-electron chi connectivity index (χ0n) is 9.07. The van der Waals surface area contributed by atoms with E-state index < -0.39 is 6.04 Å². The second kappa shape index (κ2) is 5.38. The number of hydrogen-bond acceptors (Lipinski definition) is 2. The maximum absolute atomic E-state index is 11.6. The third kappa shape index (κ3) is 3.14. The minimum Gasteiger partial charge on any atom is -0.312 e. The first-order valence-corrected chi connectivity index (χ1v) is 5.11. The Balaban J connectivity index is 2.65. The van der Waals surface area contributed by atoms with Crippen molar-refractivity contribution in [1.82, 2.24) is 4.90 Å². The molecule has 1 aromatic carbocycles. The molecule has 0 saturated carbocycles. The fraction of sp³-hybridized carbons (Fsp3) is 0.273. The van der Waals surface area contributed by atoms with Crippen molar-refractivity contribution in [3.63, 3.8) is 0 Å². The van der Waals surface area contributed by atoms with Gasteiger partial charge < -0.3 is 10.2 Å². The fourth-order valence-electron chi connectivity index (χ4n) is 1.01. The molecule has 2 amide bonds. The predicted molar refractivity (Wildman–Crippen MR) is 63.3 cm³/mol. The predicted octanol–water partition coefficient (Wildman–Crippen LogP) is 2.72. The molecule has 0 saturated heterocycles. The number of nitrogens with one attached hydrogen (secondary N) is 1. The van der Waals surface area contributed by atoms with Crippen molar-refractivity contribution in [3.05, 3.63) is 29.3 Å². The molecule has 0 aliphatic carbocycles. The van der Waals surface area contributed by atoms with Gasteiger partial charge in [-0.25, -0.2) is 4.79 Å². The number of carbonyl (C=O) groups excluding carboxylic acids is 1. The Kier molecular flexibility index (Phi) is 4.15. The van der Waals surface area contributed by atoms with Gasteiger partial charge in [-0.05, 0) is 31.2 Å². The van der Waals surface area contributed by atoms with Crippen LogP contribution in [0, 0.1) is 11.3 Å². The standard InChI is InChI=1S/C11H12ClN3O/c1-8(7-13)15(2)11(16)14-10-5-3-9(12)4-6-10/h3-6,8H,1-2H3,(H,14,16). The summed E-state index contributed by atoms with van der Waals surface area (Å²) in [5, 5.41) is 11.9. The quantitative estimate of drug-likeness (QED) is 0.860. The number of nitrogens with zero attached hydrogens (tertiary/aromatic N) is 2. The van der Waals surface area contributed by atoms with E-state index in [-0.39, 0.29) is 6.03 Å². The van der Waals surface area contributed by atoms with Gasteiger partial charge in [0.1, 0.15) is 6.04 Å². The monoisotopic (exact) mass is 237 g/mol. The number of nitriles is 1. The average molecular weight is 238 g/mol. The van der Waals surface area contributed by atoms with Gasteiger partial charge in [0.25, 0.3) is 0 Å². The summed E-state index contributed by atoms with van der Waals surface area (Å²) >= 11 is 5.72. The Morgan fingerprint density at radius 2 is 2.06 bits per heavy atom. The third-order valence-corrected chi connectivity index (χ3v) is 2.44. The van der Waals surface area contributed by atoms with Gasteiger partial charge in [-0.2, -0.15) is 5.26 Å². The SMILES string of the molecule is CC(C#N)N(C)C(=O)Nc1ccc(Cl)cc1.